The first-order valence-corrected chi connectivity index (χ1v) is 7.44. The van der Waals surface area contributed by atoms with Crippen LogP contribution in [0.3, 0.4) is 0 Å². The van der Waals surface area contributed by atoms with Crippen molar-refractivity contribution in [1.82, 2.24) is 0 Å². The van der Waals surface area contributed by atoms with Crippen LogP contribution in [-0.4, -0.2) is 35.9 Å². The molecule has 0 saturated carbocycles. The second kappa shape index (κ2) is 6.92. The normalized spacial score (nSPS) is 13.5. The summed E-state index contributed by atoms with van der Waals surface area (Å²) in [6, 6.07) is 11.0. The molecule has 1 amide bonds. The molecule has 2 aromatic carbocycles. The van der Waals surface area contributed by atoms with Crippen LogP contribution in [-0.2, 0) is 11.2 Å². The lowest BCUT2D eigenvalue weighted by Crippen LogP contribution is -2.37. The lowest BCUT2D eigenvalue weighted by molar-refractivity contribution is -0.117. The summed E-state index contributed by atoms with van der Waals surface area (Å²) >= 11 is 0. The zero-order valence-electron chi connectivity index (χ0n) is 12.8. The minimum Gasteiger partial charge on any atom is -0.454 e. The first kappa shape index (κ1) is 16.3. The molecule has 0 unspecified atom stereocenters. The maximum atomic E-state index is 12.2. The molecule has 0 spiro atoms. The van der Waals surface area contributed by atoms with Crippen LogP contribution >= 0.6 is 0 Å². The van der Waals surface area contributed by atoms with Gasteiger partial charge in [-0.2, -0.15) is 0 Å². The van der Waals surface area contributed by atoms with Crippen LogP contribution in [0, 0.1) is 0 Å². The van der Waals surface area contributed by atoms with Crippen molar-refractivity contribution in [2.24, 2.45) is 5.73 Å². The van der Waals surface area contributed by atoms with Gasteiger partial charge in [0.1, 0.15) is 0 Å². The number of anilines is 1. The summed E-state index contributed by atoms with van der Waals surface area (Å²) in [6.07, 6.45) is 0.332. The van der Waals surface area contributed by atoms with Crippen molar-refractivity contribution in [1.29, 1.82) is 0 Å². The Hall–Kier alpha value is -2.55. The molecule has 0 saturated heterocycles. The fraction of sp³-hybridized carbons (Fsp3) is 0.188. The van der Waals surface area contributed by atoms with Crippen molar-refractivity contribution in [3.63, 3.8) is 0 Å². The summed E-state index contributed by atoms with van der Waals surface area (Å²) in [5.74, 6) is 0.906. The highest BCUT2D eigenvalue weighted by atomic mass is 16.7. The van der Waals surface area contributed by atoms with Gasteiger partial charge in [-0.25, -0.2) is 0 Å². The van der Waals surface area contributed by atoms with Crippen LogP contribution in [0.5, 0.6) is 11.5 Å². The van der Waals surface area contributed by atoms with E-state index in [9.17, 15) is 4.79 Å². The Balaban J connectivity index is 1.60. The number of carbonyl (C=O) groups excluding carboxylic acids is 1. The Kier molecular flexibility index (Phi) is 4.70. The highest BCUT2D eigenvalue weighted by Gasteiger charge is 2.18. The van der Waals surface area contributed by atoms with Crippen LogP contribution in [0.1, 0.15) is 5.56 Å². The maximum Gasteiger partial charge on any atom is 0.488 e. The van der Waals surface area contributed by atoms with Gasteiger partial charge in [0.25, 0.3) is 0 Å². The van der Waals surface area contributed by atoms with E-state index in [0.717, 1.165) is 5.56 Å². The van der Waals surface area contributed by atoms with Crippen molar-refractivity contribution in [2.75, 3.05) is 12.1 Å². The minimum absolute atomic E-state index is 0.171. The molecule has 3 rings (SSSR count). The third kappa shape index (κ3) is 3.68. The number of fused-ring (bicyclic) bond motifs is 1. The molecule has 0 aliphatic carbocycles. The standard InChI is InChI=1S/C16H17BN2O5/c18-13(7-10-1-3-11(4-2-10)17(21)22)16(20)19-12-5-6-14-15(8-12)24-9-23-14/h1-6,8,13,21-22H,7,9,18H2,(H,19,20)/t13-/m0/s1. The molecule has 2 aromatic rings. The van der Waals surface area contributed by atoms with E-state index < -0.39 is 13.2 Å². The van der Waals surface area contributed by atoms with Gasteiger partial charge in [-0.15, -0.1) is 0 Å². The number of hydrogen-bond acceptors (Lipinski definition) is 6. The van der Waals surface area contributed by atoms with Crippen LogP contribution in [0.25, 0.3) is 0 Å². The zero-order valence-corrected chi connectivity index (χ0v) is 12.8. The summed E-state index contributed by atoms with van der Waals surface area (Å²) in [5.41, 5.74) is 7.74. The Morgan fingerprint density at radius 2 is 1.88 bits per heavy atom. The molecule has 0 fully saturated rings. The summed E-state index contributed by atoms with van der Waals surface area (Å²) in [4.78, 5) is 12.2. The van der Waals surface area contributed by atoms with Gasteiger partial charge in [0.2, 0.25) is 12.7 Å². The number of hydrogen-bond donors (Lipinski definition) is 4. The number of nitrogens with two attached hydrogens (primary N) is 1. The summed E-state index contributed by atoms with van der Waals surface area (Å²) in [5, 5.41) is 20.9. The van der Waals surface area contributed by atoms with E-state index in [-0.39, 0.29) is 12.7 Å². The number of benzene rings is 2. The predicted octanol–water partition coefficient (Wildman–Crippen LogP) is -0.396. The molecular formula is C16H17BN2O5. The van der Waals surface area contributed by atoms with Gasteiger partial charge < -0.3 is 30.6 Å². The Labute approximate surface area is 139 Å². The van der Waals surface area contributed by atoms with E-state index in [1.54, 1.807) is 42.5 Å². The molecule has 0 radical (unpaired) electrons. The Morgan fingerprint density at radius 3 is 2.58 bits per heavy atom. The number of ether oxygens (including phenoxy) is 2. The van der Waals surface area contributed by atoms with Crippen LogP contribution < -0.4 is 26.0 Å². The van der Waals surface area contributed by atoms with Crippen LogP contribution in [0.15, 0.2) is 42.5 Å². The predicted molar refractivity (Wildman–Crippen MR) is 89.1 cm³/mol. The first-order chi connectivity index (χ1) is 11.5. The summed E-state index contributed by atoms with van der Waals surface area (Å²) < 4.78 is 10.5. The average Bonchev–Trinajstić information content (AvgIpc) is 3.03. The molecule has 1 atom stereocenters. The van der Waals surface area contributed by atoms with Crippen LogP contribution in [0.4, 0.5) is 5.69 Å². The number of rotatable bonds is 5. The van der Waals surface area contributed by atoms with E-state index >= 15 is 0 Å². The van der Waals surface area contributed by atoms with Crippen LogP contribution in [0.2, 0.25) is 0 Å². The fourth-order valence-electron chi connectivity index (χ4n) is 2.38. The van der Waals surface area contributed by atoms with Gasteiger partial charge in [-0.1, -0.05) is 24.3 Å². The van der Waals surface area contributed by atoms with Crippen molar-refractivity contribution >= 4 is 24.2 Å². The fourth-order valence-corrected chi connectivity index (χ4v) is 2.38. The third-order valence-corrected chi connectivity index (χ3v) is 3.71. The van der Waals surface area contributed by atoms with E-state index in [1.807, 2.05) is 0 Å². The third-order valence-electron chi connectivity index (χ3n) is 3.71. The SMILES string of the molecule is N[C@@H](Cc1ccc(B(O)O)cc1)C(=O)Nc1ccc2c(c1)OCO2. The average molecular weight is 328 g/mol. The molecule has 1 aliphatic heterocycles. The van der Waals surface area contributed by atoms with Crippen molar-refractivity contribution in [3.05, 3.63) is 48.0 Å². The molecule has 124 valence electrons. The smallest absolute Gasteiger partial charge is 0.454 e. The molecule has 1 heterocycles. The molecule has 7 nitrogen and oxygen atoms in total. The highest BCUT2D eigenvalue weighted by Crippen LogP contribution is 2.34. The van der Waals surface area contributed by atoms with E-state index in [4.69, 9.17) is 25.3 Å². The molecule has 0 aromatic heterocycles. The second-order valence-electron chi connectivity index (χ2n) is 5.48. The molecule has 5 N–H and O–H groups in total. The topological polar surface area (TPSA) is 114 Å². The van der Waals surface area contributed by atoms with Gasteiger partial charge in [-0.05, 0) is 29.6 Å². The largest absolute Gasteiger partial charge is 0.488 e. The van der Waals surface area contributed by atoms with Gasteiger partial charge in [0.05, 0.1) is 6.04 Å². The molecule has 24 heavy (non-hydrogen) atoms. The Morgan fingerprint density at radius 1 is 1.17 bits per heavy atom. The molecule has 8 heteroatoms. The number of amides is 1. The van der Waals surface area contributed by atoms with Gasteiger partial charge in [0, 0.05) is 11.8 Å². The van der Waals surface area contributed by atoms with Crippen molar-refractivity contribution < 1.29 is 24.3 Å². The number of carbonyl (C=O) groups is 1. The second-order valence-corrected chi connectivity index (χ2v) is 5.48. The van der Waals surface area contributed by atoms with Crippen molar-refractivity contribution in [3.8, 4) is 11.5 Å². The summed E-state index contributed by atoms with van der Waals surface area (Å²) in [6.45, 7) is 0.171. The maximum absolute atomic E-state index is 12.2. The lowest BCUT2D eigenvalue weighted by atomic mass is 9.80. The molecule has 1 aliphatic rings. The highest BCUT2D eigenvalue weighted by molar-refractivity contribution is 6.58. The van der Waals surface area contributed by atoms with Crippen molar-refractivity contribution in [2.45, 2.75) is 12.5 Å². The van der Waals surface area contributed by atoms with E-state index in [0.29, 0.717) is 29.1 Å². The van der Waals surface area contributed by atoms with Gasteiger partial charge >= 0.3 is 7.12 Å². The van der Waals surface area contributed by atoms with Gasteiger partial charge in [-0.3, -0.25) is 4.79 Å². The minimum atomic E-state index is -1.51. The summed E-state index contributed by atoms with van der Waals surface area (Å²) in [7, 11) is -1.51. The van der Waals surface area contributed by atoms with Gasteiger partial charge in [0.15, 0.2) is 11.5 Å². The monoisotopic (exact) mass is 328 g/mol. The quantitative estimate of drug-likeness (QED) is 0.556. The molecule has 0 bridgehead atoms. The lowest BCUT2D eigenvalue weighted by Gasteiger charge is -2.13. The van der Waals surface area contributed by atoms with E-state index in [1.165, 1.54) is 0 Å². The first-order valence-electron chi connectivity index (χ1n) is 7.44. The zero-order chi connectivity index (χ0) is 17.1. The molecular weight excluding hydrogens is 311 g/mol. The number of nitrogens with one attached hydrogen (secondary N) is 1. The Bertz CT molecular complexity index is 736. The van der Waals surface area contributed by atoms with E-state index in [2.05, 4.69) is 5.32 Å².